The van der Waals surface area contributed by atoms with E-state index in [9.17, 15) is 5.11 Å². The molecule has 0 fully saturated rings. The summed E-state index contributed by atoms with van der Waals surface area (Å²) in [6.07, 6.45) is 1.49. The molecule has 0 aromatic carbocycles. The van der Waals surface area contributed by atoms with Crippen LogP contribution in [0.25, 0.3) is 0 Å². The Morgan fingerprint density at radius 1 is 1.53 bits per heavy atom. The average molecular weight is 261 g/mol. The Hall–Kier alpha value is -0.580. The minimum Gasteiger partial charge on any atom is -0.384 e. The second-order valence-corrected chi connectivity index (χ2v) is 4.90. The van der Waals surface area contributed by atoms with Gasteiger partial charge in [-0.2, -0.15) is 5.10 Å². The highest BCUT2D eigenvalue weighted by Gasteiger charge is 2.28. The van der Waals surface area contributed by atoms with Crippen molar-refractivity contribution in [1.29, 1.82) is 0 Å². The lowest BCUT2D eigenvalue weighted by atomic mass is 9.99. The Balaban J connectivity index is 3.00. The molecule has 0 radical (unpaired) electrons. The van der Waals surface area contributed by atoms with Gasteiger partial charge in [-0.1, -0.05) is 32.4 Å². The average Bonchev–Trinajstić information content (AvgIpc) is 2.60. The van der Waals surface area contributed by atoms with E-state index in [0.29, 0.717) is 10.7 Å². The largest absolute Gasteiger partial charge is 0.384 e. The van der Waals surface area contributed by atoms with E-state index in [1.54, 1.807) is 18.0 Å². The number of ether oxygens (including phenoxy) is 1. The molecule has 0 bridgehead atoms. The van der Waals surface area contributed by atoms with Crippen molar-refractivity contribution in [3.05, 3.63) is 16.9 Å². The molecule has 5 heteroatoms. The first-order chi connectivity index (χ1) is 8.02. The van der Waals surface area contributed by atoms with Crippen molar-refractivity contribution in [2.24, 2.45) is 5.92 Å². The molecule has 1 heterocycles. The van der Waals surface area contributed by atoms with Crippen LogP contribution in [0.2, 0.25) is 5.02 Å². The normalized spacial score (nSPS) is 15.2. The van der Waals surface area contributed by atoms with Gasteiger partial charge in [0.25, 0.3) is 0 Å². The fourth-order valence-corrected chi connectivity index (χ4v) is 2.23. The highest BCUT2D eigenvalue weighted by Crippen LogP contribution is 2.29. The number of aromatic nitrogens is 2. The number of hydrogen-bond donors (Lipinski definition) is 1. The van der Waals surface area contributed by atoms with E-state index in [0.717, 1.165) is 13.0 Å². The van der Waals surface area contributed by atoms with Crippen LogP contribution in [0.3, 0.4) is 0 Å². The van der Waals surface area contributed by atoms with Gasteiger partial charge >= 0.3 is 0 Å². The van der Waals surface area contributed by atoms with E-state index in [-0.39, 0.29) is 12.0 Å². The van der Waals surface area contributed by atoms with Crippen LogP contribution in [-0.4, -0.2) is 28.1 Å². The molecule has 0 spiro atoms. The fourth-order valence-electron chi connectivity index (χ4n) is 1.98. The molecule has 0 aliphatic rings. The number of aliphatic hydroxyl groups excluding tert-OH is 1. The number of aliphatic hydroxyl groups is 1. The summed E-state index contributed by atoms with van der Waals surface area (Å²) >= 11 is 6.08. The van der Waals surface area contributed by atoms with Crippen molar-refractivity contribution in [1.82, 2.24) is 9.78 Å². The van der Waals surface area contributed by atoms with E-state index in [4.69, 9.17) is 16.3 Å². The van der Waals surface area contributed by atoms with Crippen LogP contribution in [-0.2, 0) is 11.3 Å². The van der Waals surface area contributed by atoms with Gasteiger partial charge in [-0.25, -0.2) is 0 Å². The molecular formula is C12H21ClN2O2. The summed E-state index contributed by atoms with van der Waals surface area (Å²) in [4.78, 5) is 0. The maximum absolute atomic E-state index is 10.4. The Morgan fingerprint density at radius 3 is 2.65 bits per heavy atom. The van der Waals surface area contributed by atoms with Gasteiger partial charge in [0.1, 0.15) is 6.10 Å². The van der Waals surface area contributed by atoms with Crippen LogP contribution >= 0.6 is 11.6 Å². The predicted molar refractivity (Wildman–Crippen MR) is 68.1 cm³/mol. The molecule has 0 saturated carbocycles. The first-order valence-corrected chi connectivity index (χ1v) is 6.32. The van der Waals surface area contributed by atoms with E-state index in [1.807, 2.05) is 13.8 Å². The molecule has 0 amide bonds. The maximum Gasteiger partial charge on any atom is 0.123 e. The second kappa shape index (κ2) is 6.38. The Labute approximate surface area is 108 Å². The zero-order chi connectivity index (χ0) is 13.0. The van der Waals surface area contributed by atoms with Crippen molar-refractivity contribution in [3.8, 4) is 0 Å². The van der Waals surface area contributed by atoms with Gasteiger partial charge in [-0.3, -0.25) is 4.68 Å². The maximum atomic E-state index is 10.4. The number of nitrogens with zero attached hydrogens (tertiary/aromatic N) is 2. The van der Waals surface area contributed by atoms with Gasteiger partial charge in [0.2, 0.25) is 0 Å². The molecule has 4 nitrogen and oxygen atoms in total. The fraction of sp³-hybridized carbons (Fsp3) is 0.750. The van der Waals surface area contributed by atoms with E-state index in [1.165, 1.54) is 0 Å². The summed E-state index contributed by atoms with van der Waals surface area (Å²) < 4.78 is 7.09. The molecular weight excluding hydrogens is 240 g/mol. The third-order valence-electron chi connectivity index (χ3n) is 2.79. The number of rotatable bonds is 6. The predicted octanol–water partition coefficient (Wildman–Crippen LogP) is 2.65. The van der Waals surface area contributed by atoms with Gasteiger partial charge in [0, 0.05) is 13.7 Å². The quantitative estimate of drug-likeness (QED) is 0.855. The monoisotopic (exact) mass is 260 g/mol. The highest BCUT2D eigenvalue weighted by molar-refractivity contribution is 6.31. The standard InChI is InChI=1S/C12H21ClN2O2/c1-5-6-15-10(9(13)7-14-15)11(16)12(17-4)8(2)3/h7-8,11-12,16H,5-6H2,1-4H3. The Bertz CT molecular complexity index is 352. The van der Waals surface area contributed by atoms with Crippen LogP contribution < -0.4 is 0 Å². The highest BCUT2D eigenvalue weighted by atomic mass is 35.5. The van der Waals surface area contributed by atoms with Gasteiger partial charge in [-0.05, 0) is 12.3 Å². The zero-order valence-electron chi connectivity index (χ0n) is 10.9. The Morgan fingerprint density at radius 2 is 2.18 bits per heavy atom. The molecule has 17 heavy (non-hydrogen) atoms. The molecule has 1 aromatic rings. The number of hydrogen-bond acceptors (Lipinski definition) is 3. The van der Waals surface area contributed by atoms with Gasteiger partial charge in [0.05, 0.1) is 23.0 Å². The number of halogens is 1. The van der Waals surface area contributed by atoms with Crippen LogP contribution in [0, 0.1) is 5.92 Å². The van der Waals surface area contributed by atoms with E-state index in [2.05, 4.69) is 12.0 Å². The van der Waals surface area contributed by atoms with Crippen molar-refractivity contribution >= 4 is 11.6 Å². The van der Waals surface area contributed by atoms with Crippen molar-refractivity contribution in [3.63, 3.8) is 0 Å². The number of methoxy groups -OCH3 is 1. The Kier molecular flexibility index (Phi) is 5.43. The first kappa shape index (κ1) is 14.5. The minimum absolute atomic E-state index is 0.205. The lowest BCUT2D eigenvalue weighted by Crippen LogP contribution is -2.28. The van der Waals surface area contributed by atoms with E-state index >= 15 is 0 Å². The molecule has 0 saturated heterocycles. The first-order valence-electron chi connectivity index (χ1n) is 5.94. The van der Waals surface area contributed by atoms with Crippen LogP contribution in [0.1, 0.15) is 39.0 Å². The molecule has 0 aliphatic carbocycles. The van der Waals surface area contributed by atoms with Crippen LogP contribution in [0.4, 0.5) is 0 Å². The lowest BCUT2D eigenvalue weighted by Gasteiger charge is -2.25. The number of aryl methyl sites for hydroxylation is 1. The van der Waals surface area contributed by atoms with Gasteiger partial charge < -0.3 is 9.84 Å². The van der Waals surface area contributed by atoms with Crippen molar-refractivity contribution < 1.29 is 9.84 Å². The molecule has 0 aliphatic heterocycles. The summed E-state index contributed by atoms with van der Waals surface area (Å²) in [5, 5.41) is 15.0. The van der Waals surface area contributed by atoms with E-state index < -0.39 is 6.10 Å². The van der Waals surface area contributed by atoms with Gasteiger partial charge in [0.15, 0.2) is 0 Å². The third-order valence-corrected chi connectivity index (χ3v) is 3.08. The molecule has 1 rings (SSSR count). The summed E-state index contributed by atoms with van der Waals surface area (Å²) in [5.41, 5.74) is 0.647. The smallest absolute Gasteiger partial charge is 0.123 e. The van der Waals surface area contributed by atoms with Gasteiger partial charge in [-0.15, -0.1) is 0 Å². The third kappa shape index (κ3) is 3.21. The topological polar surface area (TPSA) is 47.3 Å². The van der Waals surface area contributed by atoms with Crippen LogP contribution in [0.5, 0.6) is 0 Å². The SMILES string of the molecule is CCCn1ncc(Cl)c1C(O)C(OC)C(C)C. The van der Waals surface area contributed by atoms with Crippen LogP contribution in [0.15, 0.2) is 6.20 Å². The lowest BCUT2D eigenvalue weighted by molar-refractivity contribution is -0.0427. The molecule has 1 aromatic heterocycles. The summed E-state index contributed by atoms with van der Waals surface area (Å²) in [5.74, 6) is 0.205. The van der Waals surface area contributed by atoms with Crippen molar-refractivity contribution in [2.75, 3.05) is 7.11 Å². The summed E-state index contributed by atoms with van der Waals surface area (Å²) in [6, 6.07) is 0. The molecule has 2 atom stereocenters. The van der Waals surface area contributed by atoms with Crippen molar-refractivity contribution in [2.45, 2.75) is 45.9 Å². The summed E-state index contributed by atoms with van der Waals surface area (Å²) in [7, 11) is 1.60. The second-order valence-electron chi connectivity index (χ2n) is 4.49. The summed E-state index contributed by atoms with van der Waals surface area (Å²) in [6.45, 7) is 6.81. The molecule has 1 N–H and O–H groups in total. The minimum atomic E-state index is -0.749. The molecule has 2 unspecified atom stereocenters. The zero-order valence-corrected chi connectivity index (χ0v) is 11.6. The molecule has 98 valence electrons.